The summed E-state index contributed by atoms with van der Waals surface area (Å²) in [6.45, 7) is 10.0. The van der Waals surface area contributed by atoms with E-state index >= 15 is 0 Å². The minimum atomic E-state index is 0. The van der Waals surface area contributed by atoms with E-state index in [4.69, 9.17) is 4.74 Å². The van der Waals surface area contributed by atoms with Gasteiger partial charge in [-0.2, -0.15) is 0 Å². The first-order valence-corrected chi connectivity index (χ1v) is 10.8. The maximum atomic E-state index is 5.52. The molecule has 6 nitrogen and oxygen atoms in total. The number of aliphatic imine (C=N–C) groups is 1. The molecule has 1 aromatic rings. The quantitative estimate of drug-likeness (QED) is 0.296. The fourth-order valence-electron chi connectivity index (χ4n) is 3.50. The molecule has 2 rings (SSSR count). The second-order valence-electron chi connectivity index (χ2n) is 7.76. The third kappa shape index (κ3) is 8.52. The van der Waals surface area contributed by atoms with Gasteiger partial charge < -0.3 is 20.3 Å². The van der Waals surface area contributed by atoms with Crippen LogP contribution in [-0.4, -0.2) is 82.3 Å². The van der Waals surface area contributed by atoms with Crippen molar-refractivity contribution in [2.75, 3.05) is 60.5 Å². The van der Waals surface area contributed by atoms with Gasteiger partial charge in [-0.15, -0.1) is 35.3 Å². The summed E-state index contributed by atoms with van der Waals surface area (Å²) < 4.78 is 5.52. The number of ether oxygens (including phenoxy) is 1. The zero-order chi connectivity index (χ0) is 19.6. The normalized spacial score (nSPS) is 18.0. The van der Waals surface area contributed by atoms with Crippen molar-refractivity contribution in [1.82, 2.24) is 20.4 Å². The van der Waals surface area contributed by atoms with Gasteiger partial charge in [0.1, 0.15) is 0 Å². The molecule has 2 heterocycles. The lowest BCUT2D eigenvalue weighted by Gasteiger charge is -2.36. The number of halogens is 1. The minimum Gasteiger partial charge on any atom is -0.379 e. The smallest absolute Gasteiger partial charge is 0.191 e. The predicted octanol–water partition coefficient (Wildman–Crippen LogP) is 2.88. The Hall–Kier alpha value is -0.420. The molecule has 0 aromatic carbocycles. The Morgan fingerprint density at radius 3 is 2.46 bits per heavy atom. The van der Waals surface area contributed by atoms with Crippen molar-refractivity contribution in [1.29, 1.82) is 0 Å². The van der Waals surface area contributed by atoms with Gasteiger partial charge in [-0.3, -0.25) is 9.89 Å². The molecule has 0 saturated carbocycles. The van der Waals surface area contributed by atoms with Crippen LogP contribution in [0.5, 0.6) is 0 Å². The topological polar surface area (TPSA) is 52.1 Å². The molecule has 2 N–H and O–H groups in total. The van der Waals surface area contributed by atoms with Crippen molar-refractivity contribution < 1.29 is 4.74 Å². The van der Waals surface area contributed by atoms with Crippen molar-refractivity contribution >= 4 is 41.3 Å². The van der Waals surface area contributed by atoms with Crippen LogP contribution in [0.1, 0.15) is 31.2 Å². The molecule has 1 aromatic heterocycles. The molecule has 1 aliphatic rings. The Kier molecular flexibility index (Phi) is 12.6. The third-order valence-electron chi connectivity index (χ3n) is 4.99. The maximum absolute atomic E-state index is 5.52. The van der Waals surface area contributed by atoms with E-state index < -0.39 is 0 Å². The summed E-state index contributed by atoms with van der Waals surface area (Å²) >= 11 is 1.80. The van der Waals surface area contributed by atoms with Crippen LogP contribution in [0.3, 0.4) is 0 Å². The predicted molar refractivity (Wildman–Crippen MR) is 131 cm³/mol. The summed E-state index contributed by atoms with van der Waals surface area (Å²) in [6, 6.07) is 5.16. The Bertz CT molecular complexity index is 547. The van der Waals surface area contributed by atoms with Crippen molar-refractivity contribution in [3.05, 3.63) is 22.4 Å². The highest BCUT2D eigenvalue weighted by atomic mass is 127. The van der Waals surface area contributed by atoms with Gasteiger partial charge in [0.05, 0.1) is 19.3 Å². The average molecular weight is 524 g/mol. The van der Waals surface area contributed by atoms with Crippen molar-refractivity contribution in [2.45, 2.75) is 32.4 Å². The number of thiophene rings is 1. The van der Waals surface area contributed by atoms with Crippen LogP contribution in [-0.2, 0) is 4.74 Å². The maximum Gasteiger partial charge on any atom is 0.191 e. The molecular formula is C20H38IN5OS. The monoisotopic (exact) mass is 523 g/mol. The lowest BCUT2D eigenvalue weighted by atomic mass is 10.0. The van der Waals surface area contributed by atoms with Gasteiger partial charge in [-0.05, 0) is 37.9 Å². The van der Waals surface area contributed by atoms with Gasteiger partial charge in [-0.25, -0.2) is 0 Å². The molecule has 0 spiro atoms. The van der Waals surface area contributed by atoms with E-state index in [1.54, 1.807) is 11.3 Å². The van der Waals surface area contributed by atoms with Crippen LogP contribution < -0.4 is 10.6 Å². The second-order valence-corrected chi connectivity index (χ2v) is 8.74. The minimum absolute atomic E-state index is 0. The van der Waals surface area contributed by atoms with E-state index in [-0.39, 0.29) is 24.0 Å². The molecule has 2 atom stereocenters. The first kappa shape index (κ1) is 25.6. The van der Waals surface area contributed by atoms with E-state index in [2.05, 4.69) is 70.9 Å². The summed E-state index contributed by atoms with van der Waals surface area (Å²) in [5, 5.41) is 9.20. The van der Waals surface area contributed by atoms with Crippen LogP contribution in [0.15, 0.2) is 22.5 Å². The Labute approximate surface area is 192 Å². The summed E-state index contributed by atoms with van der Waals surface area (Å²) in [7, 11) is 6.09. The average Bonchev–Trinajstić information content (AvgIpc) is 3.17. The number of nitrogens with zero attached hydrogens (tertiary/aromatic N) is 3. The Morgan fingerprint density at radius 1 is 1.25 bits per heavy atom. The van der Waals surface area contributed by atoms with Gasteiger partial charge in [0, 0.05) is 44.1 Å². The molecule has 2 unspecified atom stereocenters. The molecule has 0 aliphatic carbocycles. The lowest BCUT2D eigenvalue weighted by molar-refractivity contribution is 0.0132. The fraction of sp³-hybridized carbons (Fsp3) is 0.750. The molecule has 1 saturated heterocycles. The van der Waals surface area contributed by atoms with Gasteiger partial charge in [-0.1, -0.05) is 19.9 Å². The van der Waals surface area contributed by atoms with Gasteiger partial charge in [0.25, 0.3) is 0 Å². The van der Waals surface area contributed by atoms with Crippen molar-refractivity contribution in [3.63, 3.8) is 0 Å². The van der Waals surface area contributed by atoms with E-state index in [1.165, 1.54) is 11.3 Å². The Morgan fingerprint density at radius 2 is 1.93 bits per heavy atom. The van der Waals surface area contributed by atoms with Gasteiger partial charge >= 0.3 is 0 Å². The van der Waals surface area contributed by atoms with E-state index in [0.29, 0.717) is 18.0 Å². The summed E-state index contributed by atoms with van der Waals surface area (Å²) in [4.78, 5) is 10.6. The highest BCUT2D eigenvalue weighted by Gasteiger charge is 2.22. The molecule has 1 fully saturated rings. The van der Waals surface area contributed by atoms with E-state index in [1.807, 2.05) is 7.05 Å². The van der Waals surface area contributed by atoms with Gasteiger partial charge in [0.2, 0.25) is 0 Å². The van der Waals surface area contributed by atoms with Crippen LogP contribution in [0.2, 0.25) is 0 Å². The van der Waals surface area contributed by atoms with E-state index in [9.17, 15) is 0 Å². The number of hydrogen-bond acceptors (Lipinski definition) is 5. The molecule has 1 aliphatic heterocycles. The molecule has 28 heavy (non-hydrogen) atoms. The third-order valence-corrected chi connectivity index (χ3v) is 5.97. The number of hydrogen-bond donors (Lipinski definition) is 2. The molecule has 162 valence electrons. The van der Waals surface area contributed by atoms with Gasteiger partial charge in [0.15, 0.2) is 5.96 Å². The molecule has 0 bridgehead atoms. The molecule has 8 heteroatoms. The van der Waals surface area contributed by atoms with Crippen LogP contribution >= 0.6 is 35.3 Å². The first-order chi connectivity index (χ1) is 13.0. The summed E-state index contributed by atoms with van der Waals surface area (Å²) in [6.07, 6.45) is 1.18. The molecular weight excluding hydrogens is 485 g/mol. The highest BCUT2D eigenvalue weighted by Crippen LogP contribution is 2.22. The Balaban J connectivity index is 0.00000392. The van der Waals surface area contributed by atoms with Crippen molar-refractivity contribution in [3.8, 4) is 0 Å². The summed E-state index contributed by atoms with van der Waals surface area (Å²) in [5.74, 6) is 1.55. The lowest BCUT2D eigenvalue weighted by Crippen LogP contribution is -2.51. The summed E-state index contributed by atoms with van der Waals surface area (Å²) in [5.41, 5.74) is 0. The van der Waals surface area contributed by atoms with Crippen LogP contribution in [0.25, 0.3) is 0 Å². The van der Waals surface area contributed by atoms with Crippen LogP contribution in [0.4, 0.5) is 0 Å². The number of likely N-dealkylation sites (N-methyl/N-ethyl adjacent to an activating group) is 1. The number of morpholine rings is 1. The highest BCUT2D eigenvalue weighted by molar-refractivity contribution is 14.0. The van der Waals surface area contributed by atoms with Crippen LogP contribution in [0, 0.1) is 5.92 Å². The number of guanidine groups is 1. The first-order valence-electron chi connectivity index (χ1n) is 9.97. The largest absolute Gasteiger partial charge is 0.379 e. The fourth-order valence-corrected chi connectivity index (χ4v) is 4.42. The zero-order valence-electron chi connectivity index (χ0n) is 18.0. The van der Waals surface area contributed by atoms with E-state index in [0.717, 1.165) is 45.4 Å². The zero-order valence-corrected chi connectivity index (χ0v) is 21.1. The molecule has 0 amide bonds. The standard InChI is InChI=1S/C20H37N5OS.HI/c1-16(2)13-17(25-8-10-26-11-9-25)14-22-20(21-3)23-15-18(24(4)5)19-7-6-12-27-19;/h6-7,12,16-18H,8-11,13-15H2,1-5H3,(H2,21,22,23);1H. The molecule has 0 radical (unpaired) electrons. The van der Waals surface area contributed by atoms with Crippen molar-refractivity contribution in [2.24, 2.45) is 10.9 Å². The number of rotatable bonds is 9. The SMILES string of the molecule is CN=C(NCC(c1cccs1)N(C)C)NCC(CC(C)C)N1CCOCC1.I. The second kappa shape index (κ2) is 13.7. The number of nitrogens with one attached hydrogen (secondary N) is 2.